The lowest BCUT2D eigenvalue weighted by atomic mass is 9.89. The molecule has 0 bridgehead atoms. The monoisotopic (exact) mass is 456 g/mol. The van der Waals surface area contributed by atoms with Gasteiger partial charge in [-0.3, -0.25) is 9.20 Å². The van der Waals surface area contributed by atoms with E-state index in [9.17, 15) is 9.18 Å². The van der Waals surface area contributed by atoms with Crippen LogP contribution in [0.1, 0.15) is 51.6 Å². The van der Waals surface area contributed by atoms with Gasteiger partial charge in [0.1, 0.15) is 5.69 Å². The van der Waals surface area contributed by atoms with Crippen molar-refractivity contribution in [2.75, 3.05) is 18.0 Å². The highest BCUT2D eigenvalue weighted by Crippen LogP contribution is 2.30. The van der Waals surface area contributed by atoms with E-state index in [1.165, 1.54) is 27.3 Å². The quantitative estimate of drug-likeness (QED) is 0.437. The van der Waals surface area contributed by atoms with Crippen molar-refractivity contribution in [3.05, 3.63) is 101 Å². The summed E-state index contributed by atoms with van der Waals surface area (Å²) in [7, 11) is 0. The summed E-state index contributed by atoms with van der Waals surface area (Å²) in [6.07, 6.45) is 3.96. The Bertz CT molecular complexity index is 1300. The molecule has 0 aliphatic carbocycles. The number of hydrogen-bond acceptors (Lipinski definition) is 3. The molecule has 0 spiro atoms. The largest absolute Gasteiger partial charge is 0.371 e. The molecule has 1 aliphatic rings. The van der Waals surface area contributed by atoms with E-state index in [2.05, 4.69) is 70.7 Å². The van der Waals surface area contributed by atoms with Gasteiger partial charge in [-0.05, 0) is 68.0 Å². The molecule has 1 amide bonds. The van der Waals surface area contributed by atoms with Crippen LogP contribution in [0.3, 0.4) is 0 Å². The van der Waals surface area contributed by atoms with Crippen molar-refractivity contribution in [2.45, 2.75) is 39.2 Å². The van der Waals surface area contributed by atoms with E-state index in [1.807, 2.05) is 0 Å². The van der Waals surface area contributed by atoms with Gasteiger partial charge < -0.3 is 10.2 Å². The van der Waals surface area contributed by atoms with Gasteiger partial charge in [0.2, 0.25) is 0 Å². The molecule has 1 N–H and O–H groups in total. The first-order valence-electron chi connectivity index (χ1n) is 11.8. The van der Waals surface area contributed by atoms with Gasteiger partial charge in [0.25, 0.3) is 5.91 Å². The zero-order chi connectivity index (χ0) is 23.7. The number of benzene rings is 2. The molecule has 174 valence electrons. The number of carbonyl (C=O) groups is 1. The number of pyridine rings is 1. The molecule has 0 unspecified atom stereocenters. The predicted octanol–water partition coefficient (Wildman–Crippen LogP) is 5.40. The highest BCUT2D eigenvalue weighted by molar-refractivity contribution is 5.94. The number of amides is 1. The van der Waals surface area contributed by atoms with Crippen molar-refractivity contribution in [1.29, 1.82) is 0 Å². The van der Waals surface area contributed by atoms with Crippen LogP contribution < -0.4 is 10.2 Å². The number of hydrogen-bond donors (Lipinski definition) is 1. The van der Waals surface area contributed by atoms with Gasteiger partial charge in [-0.1, -0.05) is 42.0 Å². The molecule has 3 heterocycles. The van der Waals surface area contributed by atoms with Crippen LogP contribution in [0, 0.1) is 19.7 Å². The van der Waals surface area contributed by atoms with Crippen molar-refractivity contribution in [3.63, 3.8) is 0 Å². The Morgan fingerprint density at radius 2 is 1.74 bits per heavy atom. The molecule has 4 aromatic rings. The number of carbonyl (C=O) groups excluding carboxylic acids is 1. The maximum absolute atomic E-state index is 14.0. The van der Waals surface area contributed by atoms with Gasteiger partial charge in [-0.2, -0.15) is 0 Å². The average Bonchev–Trinajstić information content (AvgIpc) is 3.21. The number of piperidine rings is 1. The van der Waals surface area contributed by atoms with Crippen LogP contribution in [-0.4, -0.2) is 28.4 Å². The number of rotatable bonds is 5. The molecule has 34 heavy (non-hydrogen) atoms. The highest BCUT2D eigenvalue weighted by Gasteiger charge is 2.21. The first-order valence-corrected chi connectivity index (χ1v) is 11.8. The minimum Gasteiger partial charge on any atom is -0.371 e. The second-order valence-electron chi connectivity index (χ2n) is 9.12. The molecule has 1 saturated heterocycles. The Kier molecular flexibility index (Phi) is 6.05. The van der Waals surface area contributed by atoms with Crippen LogP contribution in [0.25, 0.3) is 5.65 Å². The van der Waals surface area contributed by atoms with Gasteiger partial charge in [-0.25, -0.2) is 9.37 Å². The Balaban J connectivity index is 1.19. The Morgan fingerprint density at radius 3 is 2.44 bits per heavy atom. The summed E-state index contributed by atoms with van der Waals surface area (Å²) in [5.74, 6) is -0.0797. The number of aryl methyl sites for hydroxylation is 2. The highest BCUT2D eigenvalue weighted by atomic mass is 19.1. The SMILES string of the molecule is Cc1ccc(C2CCN(c3ccc(CNC(=O)c4c(C)nc5c(F)cccn45)cc3)CC2)cc1. The van der Waals surface area contributed by atoms with E-state index in [-0.39, 0.29) is 11.6 Å². The standard InChI is InChI=1S/C28H29FN4O/c1-19-5-9-22(10-6-19)23-13-16-32(17-14-23)24-11-7-21(8-12-24)18-30-28(34)26-20(2)31-27-25(29)4-3-15-33(26)27/h3-12,15,23H,13-14,16-18H2,1-2H3,(H,30,34). The summed E-state index contributed by atoms with van der Waals surface area (Å²) in [6.45, 7) is 6.33. The molecule has 2 aromatic heterocycles. The fourth-order valence-electron chi connectivity index (χ4n) is 4.82. The van der Waals surface area contributed by atoms with Crippen molar-refractivity contribution in [2.24, 2.45) is 0 Å². The summed E-state index contributed by atoms with van der Waals surface area (Å²) < 4.78 is 15.5. The maximum Gasteiger partial charge on any atom is 0.270 e. The van der Waals surface area contributed by atoms with Crippen LogP contribution >= 0.6 is 0 Å². The lowest BCUT2D eigenvalue weighted by molar-refractivity contribution is 0.0944. The molecule has 1 fully saturated rings. The molecule has 2 aromatic carbocycles. The van der Waals surface area contributed by atoms with E-state index >= 15 is 0 Å². The van der Waals surface area contributed by atoms with Crippen LogP contribution in [0.2, 0.25) is 0 Å². The fourth-order valence-corrected chi connectivity index (χ4v) is 4.82. The first-order chi connectivity index (χ1) is 16.5. The lowest BCUT2D eigenvalue weighted by Crippen LogP contribution is -2.32. The number of fused-ring (bicyclic) bond motifs is 1. The molecular weight excluding hydrogens is 427 g/mol. The molecular formula is C28H29FN4O. The topological polar surface area (TPSA) is 49.6 Å². The van der Waals surface area contributed by atoms with Gasteiger partial charge in [0.15, 0.2) is 11.5 Å². The Hall–Kier alpha value is -3.67. The van der Waals surface area contributed by atoms with E-state index in [1.54, 1.807) is 19.2 Å². The second kappa shape index (κ2) is 9.29. The lowest BCUT2D eigenvalue weighted by Gasteiger charge is -2.34. The second-order valence-corrected chi connectivity index (χ2v) is 9.12. The number of anilines is 1. The van der Waals surface area contributed by atoms with Crippen LogP contribution in [0.15, 0.2) is 66.9 Å². The van der Waals surface area contributed by atoms with Gasteiger partial charge in [-0.15, -0.1) is 0 Å². The number of halogens is 1. The van der Waals surface area contributed by atoms with E-state index in [0.29, 0.717) is 23.9 Å². The first kappa shape index (κ1) is 22.1. The summed E-state index contributed by atoms with van der Waals surface area (Å²) in [5, 5.41) is 2.94. The minimum absolute atomic E-state index is 0.167. The van der Waals surface area contributed by atoms with Crippen molar-refractivity contribution in [3.8, 4) is 0 Å². The zero-order valence-electron chi connectivity index (χ0n) is 19.6. The molecule has 0 radical (unpaired) electrons. The molecule has 0 atom stereocenters. The molecule has 0 saturated carbocycles. The predicted molar refractivity (Wildman–Crippen MR) is 133 cm³/mol. The zero-order valence-corrected chi connectivity index (χ0v) is 19.6. The van der Waals surface area contributed by atoms with Gasteiger partial charge in [0.05, 0.1) is 5.69 Å². The smallest absolute Gasteiger partial charge is 0.270 e. The van der Waals surface area contributed by atoms with Crippen molar-refractivity contribution >= 4 is 17.2 Å². The number of nitrogens with one attached hydrogen (secondary N) is 1. The third-order valence-electron chi connectivity index (χ3n) is 6.79. The van der Waals surface area contributed by atoms with Crippen molar-refractivity contribution in [1.82, 2.24) is 14.7 Å². The number of nitrogens with zero attached hydrogens (tertiary/aromatic N) is 3. The van der Waals surface area contributed by atoms with E-state index in [0.717, 1.165) is 31.5 Å². The van der Waals surface area contributed by atoms with Crippen molar-refractivity contribution < 1.29 is 9.18 Å². The maximum atomic E-state index is 14.0. The van der Waals surface area contributed by atoms with E-state index < -0.39 is 5.82 Å². The minimum atomic E-state index is -0.442. The Morgan fingerprint density at radius 1 is 1.03 bits per heavy atom. The summed E-state index contributed by atoms with van der Waals surface area (Å²) in [4.78, 5) is 19.4. The summed E-state index contributed by atoms with van der Waals surface area (Å²) in [5.41, 5.74) is 6.02. The summed E-state index contributed by atoms with van der Waals surface area (Å²) in [6, 6.07) is 20.2. The normalized spacial score (nSPS) is 14.5. The Labute approximate surface area is 199 Å². The number of aromatic nitrogens is 2. The van der Waals surface area contributed by atoms with Gasteiger partial charge >= 0.3 is 0 Å². The van der Waals surface area contributed by atoms with Crippen LogP contribution in [0.5, 0.6) is 0 Å². The molecule has 5 rings (SSSR count). The summed E-state index contributed by atoms with van der Waals surface area (Å²) >= 11 is 0. The molecule has 1 aliphatic heterocycles. The fraction of sp³-hybridized carbons (Fsp3) is 0.286. The van der Waals surface area contributed by atoms with E-state index in [4.69, 9.17) is 0 Å². The average molecular weight is 457 g/mol. The van der Waals surface area contributed by atoms with Crippen LogP contribution in [-0.2, 0) is 6.54 Å². The van der Waals surface area contributed by atoms with Gasteiger partial charge in [0, 0.05) is 31.5 Å². The third kappa shape index (κ3) is 4.40. The number of imidazole rings is 1. The molecule has 6 heteroatoms. The third-order valence-corrected chi connectivity index (χ3v) is 6.79. The van der Waals surface area contributed by atoms with Crippen LogP contribution in [0.4, 0.5) is 10.1 Å². The molecule has 5 nitrogen and oxygen atoms in total.